The van der Waals surface area contributed by atoms with Crippen LogP contribution in [0.1, 0.15) is 27.2 Å². The number of ether oxygens (including phenoxy) is 2. The van der Waals surface area contributed by atoms with Crippen molar-refractivity contribution in [3.63, 3.8) is 0 Å². The third-order valence-corrected chi connectivity index (χ3v) is 3.08. The molecule has 2 aliphatic rings. The number of hydrogen-bond donors (Lipinski definition) is 1. The van der Waals surface area contributed by atoms with Crippen LogP contribution in [0.25, 0.3) is 0 Å². The molecule has 0 aromatic rings. The largest absolute Gasteiger partial charge is 0.444 e. The second kappa shape index (κ2) is 6.08. The van der Waals surface area contributed by atoms with Crippen LogP contribution in [0, 0.1) is 0 Å². The van der Waals surface area contributed by atoms with E-state index < -0.39 is 5.60 Å². The van der Waals surface area contributed by atoms with Crippen LogP contribution in [-0.4, -0.2) is 55.0 Å². The van der Waals surface area contributed by atoms with Gasteiger partial charge in [-0.3, -0.25) is 0 Å². The van der Waals surface area contributed by atoms with Crippen molar-refractivity contribution >= 4 is 18.5 Å². The minimum atomic E-state index is -0.433. The first-order chi connectivity index (χ1) is 7.97. The summed E-state index contributed by atoms with van der Waals surface area (Å²) < 4.78 is 11.1. The van der Waals surface area contributed by atoms with Crippen molar-refractivity contribution in [2.24, 2.45) is 0 Å². The molecule has 0 spiro atoms. The summed E-state index contributed by atoms with van der Waals surface area (Å²) in [5.41, 5.74) is -0.433. The fraction of sp³-hybridized carbons (Fsp3) is 0.917. The predicted octanol–water partition coefficient (Wildman–Crippen LogP) is 1.41. The van der Waals surface area contributed by atoms with Gasteiger partial charge in [-0.1, -0.05) is 0 Å². The number of carbonyl (C=O) groups is 1. The second-order valence-electron chi connectivity index (χ2n) is 5.64. The lowest BCUT2D eigenvalue weighted by Crippen LogP contribution is -2.60. The number of fused-ring (bicyclic) bond motifs is 1. The van der Waals surface area contributed by atoms with E-state index in [4.69, 9.17) is 9.47 Å². The molecule has 2 saturated heterocycles. The highest BCUT2D eigenvalue weighted by Gasteiger charge is 2.38. The van der Waals surface area contributed by atoms with Crippen LogP contribution in [0.2, 0.25) is 0 Å². The molecule has 2 fully saturated rings. The summed E-state index contributed by atoms with van der Waals surface area (Å²) in [5.74, 6) is 0. The number of piperidine rings is 1. The highest BCUT2D eigenvalue weighted by molar-refractivity contribution is 5.85. The molecule has 0 bridgehead atoms. The van der Waals surface area contributed by atoms with Gasteiger partial charge in [-0.25, -0.2) is 4.79 Å². The van der Waals surface area contributed by atoms with Gasteiger partial charge in [-0.2, -0.15) is 0 Å². The first kappa shape index (κ1) is 15.5. The maximum Gasteiger partial charge on any atom is 0.410 e. The van der Waals surface area contributed by atoms with Crippen molar-refractivity contribution in [2.75, 3.05) is 26.2 Å². The lowest BCUT2D eigenvalue weighted by molar-refractivity contribution is -0.0839. The molecule has 106 valence electrons. The Labute approximate surface area is 115 Å². The Morgan fingerprint density at radius 3 is 2.83 bits per heavy atom. The topological polar surface area (TPSA) is 50.8 Å². The SMILES string of the molecule is CC(C)(C)OC(=O)N1CCOC2CNCCC21.Cl. The molecule has 0 aromatic heterocycles. The standard InChI is InChI=1S/C12H22N2O3.ClH/c1-12(2,3)17-11(15)14-6-7-16-10-8-13-5-4-9(10)14;/h9-10,13H,4-8H2,1-3H3;1H. The van der Waals surface area contributed by atoms with E-state index in [1.807, 2.05) is 25.7 Å². The van der Waals surface area contributed by atoms with E-state index >= 15 is 0 Å². The second-order valence-corrected chi connectivity index (χ2v) is 5.64. The van der Waals surface area contributed by atoms with Crippen LogP contribution in [-0.2, 0) is 9.47 Å². The maximum atomic E-state index is 12.1. The number of nitrogens with zero attached hydrogens (tertiary/aromatic N) is 1. The summed E-state index contributed by atoms with van der Waals surface area (Å²) in [6.45, 7) is 8.67. The normalized spacial score (nSPS) is 28.1. The Balaban J connectivity index is 0.00000162. The Bertz CT molecular complexity index is 292. The van der Waals surface area contributed by atoms with Crippen LogP contribution in [0.3, 0.4) is 0 Å². The molecular formula is C12H23ClN2O3. The van der Waals surface area contributed by atoms with Crippen molar-refractivity contribution in [1.82, 2.24) is 10.2 Å². The molecule has 0 saturated carbocycles. The van der Waals surface area contributed by atoms with Crippen LogP contribution in [0.5, 0.6) is 0 Å². The fourth-order valence-corrected chi connectivity index (χ4v) is 2.36. The summed E-state index contributed by atoms with van der Waals surface area (Å²) in [6.07, 6.45) is 0.840. The molecule has 6 heteroatoms. The predicted molar refractivity (Wildman–Crippen MR) is 71.2 cm³/mol. The van der Waals surface area contributed by atoms with Crippen molar-refractivity contribution in [3.8, 4) is 0 Å². The zero-order valence-corrected chi connectivity index (χ0v) is 12.1. The highest BCUT2D eigenvalue weighted by atomic mass is 35.5. The number of rotatable bonds is 0. The molecule has 2 aliphatic heterocycles. The molecule has 5 nitrogen and oxygen atoms in total. The summed E-state index contributed by atoms with van der Waals surface area (Å²) in [4.78, 5) is 13.9. The molecule has 1 N–H and O–H groups in total. The maximum absolute atomic E-state index is 12.1. The molecule has 2 rings (SSSR count). The molecule has 2 heterocycles. The lowest BCUT2D eigenvalue weighted by Gasteiger charge is -2.43. The summed E-state index contributed by atoms with van der Waals surface area (Å²) >= 11 is 0. The van der Waals surface area contributed by atoms with Gasteiger partial charge in [0.2, 0.25) is 0 Å². The van der Waals surface area contributed by atoms with Crippen LogP contribution >= 0.6 is 12.4 Å². The Morgan fingerprint density at radius 1 is 1.44 bits per heavy atom. The van der Waals surface area contributed by atoms with E-state index in [1.165, 1.54) is 0 Å². The number of morpholine rings is 1. The van der Waals surface area contributed by atoms with E-state index in [-0.39, 0.29) is 30.6 Å². The monoisotopic (exact) mass is 278 g/mol. The van der Waals surface area contributed by atoms with Crippen molar-refractivity contribution in [1.29, 1.82) is 0 Å². The smallest absolute Gasteiger partial charge is 0.410 e. The lowest BCUT2D eigenvalue weighted by atomic mass is 10.0. The van der Waals surface area contributed by atoms with Gasteiger partial charge < -0.3 is 19.7 Å². The van der Waals surface area contributed by atoms with Gasteiger partial charge in [0.1, 0.15) is 5.60 Å². The molecule has 0 aliphatic carbocycles. The van der Waals surface area contributed by atoms with Gasteiger partial charge in [0.15, 0.2) is 0 Å². The molecule has 2 unspecified atom stereocenters. The van der Waals surface area contributed by atoms with Crippen molar-refractivity contribution in [3.05, 3.63) is 0 Å². The number of halogens is 1. The molecule has 2 atom stereocenters. The molecular weight excluding hydrogens is 256 g/mol. The minimum Gasteiger partial charge on any atom is -0.444 e. The summed E-state index contributed by atoms with van der Waals surface area (Å²) in [6, 6.07) is 0.167. The first-order valence-electron chi connectivity index (χ1n) is 6.29. The van der Waals surface area contributed by atoms with Crippen molar-refractivity contribution in [2.45, 2.75) is 44.9 Å². The van der Waals surface area contributed by atoms with E-state index in [0.717, 1.165) is 19.5 Å². The average molecular weight is 279 g/mol. The molecule has 18 heavy (non-hydrogen) atoms. The number of nitrogens with one attached hydrogen (secondary N) is 1. The van der Waals surface area contributed by atoms with E-state index in [2.05, 4.69) is 5.32 Å². The quantitative estimate of drug-likeness (QED) is 0.728. The van der Waals surface area contributed by atoms with Gasteiger partial charge in [0, 0.05) is 13.1 Å². The fourth-order valence-electron chi connectivity index (χ4n) is 2.36. The Morgan fingerprint density at radius 2 is 2.17 bits per heavy atom. The van der Waals surface area contributed by atoms with E-state index in [9.17, 15) is 4.79 Å². The number of amides is 1. The van der Waals surface area contributed by atoms with Crippen LogP contribution < -0.4 is 5.32 Å². The molecule has 0 radical (unpaired) electrons. The van der Waals surface area contributed by atoms with E-state index in [0.29, 0.717) is 13.2 Å². The van der Waals surface area contributed by atoms with Gasteiger partial charge in [-0.05, 0) is 33.7 Å². The Hall–Kier alpha value is -0.520. The van der Waals surface area contributed by atoms with Gasteiger partial charge in [0.25, 0.3) is 0 Å². The van der Waals surface area contributed by atoms with Crippen LogP contribution in [0.15, 0.2) is 0 Å². The third-order valence-electron chi connectivity index (χ3n) is 3.08. The summed E-state index contributed by atoms with van der Waals surface area (Å²) in [5, 5.41) is 3.29. The Kier molecular flexibility index (Phi) is 5.25. The van der Waals surface area contributed by atoms with E-state index in [1.54, 1.807) is 0 Å². The first-order valence-corrected chi connectivity index (χ1v) is 6.29. The van der Waals surface area contributed by atoms with Gasteiger partial charge in [0.05, 0.1) is 18.8 Å². The molecule has 1 amide bonds. The zero-order chi connectivity index (χ0) is 12.5. The third kappa shape index (κ3) is 3.73. The van der Waals surface area contributed by atoms with Gasteiger partial charge in [-0.15, -0.1) is 12.4 Å². The number of hydrogen-bond acceptors (Lipinski definition) is 4. The zero-order valence-electron chi connectivity index (χ0n) is 11.3. The van der Waals surface area contributed by atoms with Gasteiger partial charge >= 0.3 is 6.09 Å². The molecule has 0 aromatic carbocycles. The highest BCUT2D eigenvalue weighted by Crippen LogP contribution is 2.22. The minimum absolute atomic E-state index is 0. The average Bonchev–Trinajstić information content (AvgIpc) is 2.26. The number of carbonyl (C=O) groups excluding carboxylic acids is 1. The van der Waals surface area contributed by atoms with Crippen LogP contribution in [0.4, 0.5) is 4.79 Å². The van der Waals surface area contributed by atoms with Crippen molar-refractivity contribution < 1.29 is 14.3 Å². The summed E-state index contributed by atoms with van der Waals surface area (Å²) in [7, 11) is 0.